The van der Waals surface area contributed by atoms with Crippen molar-refractivity contribution in [3.8, 4) is 0 Å². The summed E-state index contributed by atoms with van der Waals surface area (Å²) in [7, 11) is 0. The first-order chi connectivity index (χ1) is 8.83. The van der Waals surface area contributed by atoms with Gasteiger partial charge in [-0.2, -0.15) is 11.3 Å². The molecule has 1 fully saturated rings. The molecule has 1 aromatic rings. The topological polar surface area (TPSA) is 12.0 Å². The third-order valence-corrected chi connectivity index (χ3v) is 5.27. The molecule has 1 nitrogen and oxygen atoms in total. The lowest BCUT2D eigenvalue weighted by Gasteiger charge is -2.34. The Balaban J connectivity index is 1.89. The fraction of sp³-hybridized carbons (Fsp3) is 0.750. The summed E-state index contributed by atoms with van der Waals surface area (Å²) in [6, 6.07) is 2.98. The molecule has 1 saturated carbocycles. The van der Waals surface area contributed by atoms with Crippen molar-refractivity contribution in [2.24, 2.45) is 11.8 Å². The van der Waals surface area contributed by atoms with E-state index in [1.54, 1.807) is 0 Å². The highest BCUT2D eigenvalue weighted by atomic mass is 32.1. The van der Waals surface area contributed by atoms with E-state index in [2.05, 4.69) is 36.0 Å². The first kappa shape index (κ1) is 14.1. The molecule has 1 atom stereocenters. The van der Waals surface area contributed by atoms with Crippen molar-refractivity contribution in [3.63, 3.8) is 0 Å². The Bertz CT molecular complexity index is 312. The molecule has 0 bridgehead atoms. The van der Waals surface area contributed by atoms with Crippen molar-refractivity contribution in [3.05, 3.63) is 22.4 Å². The Morgan fingerprint density at radius 2 is 2.06 bits per heavy atom. The van der Waals surface area contributed by atoms with Crippen LogP contribution < -0.4 is 5.32 Å². The quantitative estimate of drug-likeness (QED) is 0.799. The third kappa shape index (κ3) is 3.83. The largest absolute Gasteiger partial charge is 0.314 e. The molecule has 0 radical (unpaired) electrons. The van der Waals surface area contributed by atoms with Gasteiger partial charge in [-0.05, 0) is 60.0 Å². The molecule has 0 spiro atoms. The number of nitrogens with one attached hydrogen (secondary N) is 1. The van der Waals surface area contributed by atoms with Crippen LogP contribution in [0, 0.1) is 11.8 Å². The zero-order valence-electron chi connectivity index (χ0n) is 11.8. The second kappa shape index (κ2) is 7.30. The van der Waals surface area contributed by atoms with Crippen LogP contribution in [0.2, 0.25) is 0 Å². The summed E-state index contributed by atoms with van der Waals surface area (Å²) in [5.41, 5.74) is 1.52. The minimum Gasteiger partial charge on any atom is -0.314 e. The normalized spacial score (nSPS) is 26.1. The van der Waals surface area contributed by atoms with E-state index in [0.717, 1.165) is 18.4 Å². The Labute approximate surface area is 116 Å². The van der Waals surface area contributed by atoms with Crippen molar-refractivity contribution in [1.82, 2.24) is 5.32 Å². The lowest BCUT2D eigenvalue weighted by atomic mass is 9.76. The summed E-state index contributed by atoms with van der Waals surface area (Å²) < 4.78 is 0. The Morgan fingerprint density at radius 3 is 2.61 bits per heavy atom. The number of thiophene rings is 1. The molecular formula is C16H27NS. The van der Waals surface area contributed by atoms with Gasteiger partial charge in [0.05, 0.1) is 0 Å². The zero-order valence-corrected chi connectivity index (χ0v) is 12.6. The predicted molar refractivity (Wildman–Crippen MR) is 81.2 cm³/mol. The van der Waals surface area contributed by atoms with Gasteiger partial charge in [0.25, 0.3) is 0 Å². The molecule has 2 rings (SSSR count). The van der Waals surface area contributed by atoms with Gasteiger partial charge < -0.3 is 5.32 Å². The van der Waals surface area contributed by atoms with Gasteiger partial charge in [-0.3, -0.25) is 0 Å². The monoisotopic (exact) mass is 265 g/mol. The number of hydrogen-bond donors (Lipinski definition) is 1. The van der Waals surface area contributed by atoms with Crippen LogP contribution in [-0.4, -0.2) is 12.6 Å². The van der Waals surface area contributed by atoms with E-state index in [9.17, 15) is 0 Å². The minimum atomic E-state index is 0.697. The summed E-state index contributed by atoms with van der Waals surface area (Å²) in [4.78, 5) is 0. The van der Waals surface area contributed by atoms with Crippen molar-refractivity contribution < 1.29 is 0 Å². The first-order valence-corrected chi connectivity index (χ1v) is 8.52. The van der Waals surface area contributed by atoms with E-state index in [1.807, 2.05) is 11.3 Å². The van der Waals surface area contributed by atoms with Gasteiger partial charge in [-0.15, -0.1) is 0 Å². The van der Waals surface area contributed by atoms with Crippen molar-refractivity contribution in [1.29, 1.82) is 0 Å². The summed E-state index contributed by atoms with van der Waals surface area (Å²) >= 11 is 1.82. The fourth-order valence-corrected chi connectivity index (χ4v) is 4.01. The van der Waals surface area contributed by atoms with Gasteiger partial charge in [-0.1, -0.05) is 33.1 Å². The SMILES string of the molecule is CCNC(Cc1ccsc1)C1CCC(CC)CC1. The molecule has 1 aliphatic carbocycles. The van der Waals surface area contributed by atoms with Gasteiger partial charge in [0.2, 0.25) is 0 Å². The number of likely N-dealkylation sites (N-methyl/N-ethyl adjacent to an activating group) is 1. The van der Waals surface area contributed by atoms with Gasteiger partial charge in [0.1, 0.15) is 0 Å². The molecule has 1 N–H and O–H groups in total. The average molecular weight is 265 g/mol. The van der Waals surface area contributed by atoms with Crippen LogP contribution in [0.25, 0.3) is 0 Å². The predicted octanol–water partition coefficient (Wildman–Crippen LogP) is 4.49. The van der Waals surface area contributed by atoms with Gasteiger partial charge >= 0.3 is 0 Å². The molecule has 1 aromatic heterocycles. The summed E-state index contributed by atoms with van der Waals surface area (Å²) in [5, 5.41) is 8.24. The van der Waals surface area contributed by atoms with Crippen LogP contribution in [0.5, 0.6) is 0 Å². The maximum Gasteiger partial charge on any atom is 0.0136 e. The molecule has 0 aromatic carbocycles. The van der Waals surface area contributed by atoms with Gasteiger partial charge in [-0.25, -0.2) is 0 Å². The van der Waals surface area contributed by atoms with Crippen LogP contribution in [0.3, 0.4) is 0 Å². The Kier molecular flexibility index (Phi) is 5.71. The molecular weight excluding hydrogens is 238 g/mol. The van der Waals surface area contributed by atoms with E-state index in [4.69, 9.17) is 0 Å². The highest BCUT2D eigenvalue weighted by Crippen LogP contribution is 2.33. The Morgan fingerprint density at radius 1 is 1.28 bits per heavy atom. The minimum absolute atomic E-state index is 0.697. The van der Waals surface area contributed by atoms with Gasteiger partial charge in [0, 0.05) is 6.04 Å². The molecule has 0 saturated heterocycles. The number of hydrogen-bond acceptors (Lipinski definition) is 2. The van der Waals surface area contributed by atoms with Crippen LogP contribution in [-0.2, 0) is 6.42 Å². The van der Waals surface area contributed by atoms with E-state index in [1.165, 1.54) is 44.1 Å². The maximum absolute atomic E-state index is 3.73. The highest BCUT2D eigenvalue weighted by molar-refractivity contribution is 7.07. The highest BCUT2D eigenvalue weighted by Gasteiger charge is 2.26. The molecule has 0 aliphatic heterocycles. The smallest absolute Gasteiger partial charge is 0.0136 e. The zero-order chi connectivity index (χ0) is 12.8. The summed E-state index contributed by atoms with van der Waals surface area (Å²) in [6.45, 7) is 5.68. The van der Waals surface area contributed by atoms with E-state index in [-0.39, 0.29) is 0 Å². The summed E-state index contributed by atoms with van der Waals surface area (Å²) in [6.07, 6.45) is 8.36. The Hall–Kier alpha value is -0.340. The standard InChI is InChI=1S/C16H27NS/c1-3-13-5-7-15(8-6-13)16(17-4-2)11-14-9-10-18-12-14/h9-10,12-13,15-17H,3-8,11H2,1-2H3. The molecule has 102 valence electrons. The molecule has 1 heterocycles. The van der Waals surface area contributed by atoms with Crippen LogP contribution in [0.1, 0.15) is 51.5 Å². The van der Waals surface area contributed by atoms with E-state index in [0.29, 0.717) is 6.04 Å². The van der Waals surface area contributed by atoms with Crippen molar-refractivity contribution in [2.75, 3.05) is 6.54 Å². The van der Waals surface area contributed by atoms with Crippen LogP contribution >= 0.6 is 11.3 Å². The van der Waals surface area contributed by atoms with E-state index < -0.39 is 0 Å². The second-order valence-corrected chi connectivity index (χ2v) is 6.47. The maximum atomic E-state index is 3.73. The second-order valence-electron chi connectivity index (χ2n) is 5.69. The lowest BCUT2D eigenvalue weighted by Crippen LogP contribution is -2.39. The lowest BCUT2D eigenvalue weighted by molar-refractivity contribution is 0.218. The fourth-order valence-electron chi connectivity index (χ4n) is 3.33. The molecule has 18 heavy (non-hydrogen) atoms. The third-order valence-electron chi connectivity index (χ3n) is 4.54. The van der Waals surface area contributed by atoms with Crippen molar-refractivity contribution >= 4 is 11.3 Å². The molecule has 0 amide bonds. The summed E-state index contributed by atoms with van der Waals surface area (Å²) in [5.74, 6) is 1.90. The molecule has 2 heteroatoms. The van der Waals surface area contributed by atoms with Crippen LogP contribution in [0.15, 0.2) is 16.8 Å². The van der Waals surface area contributed by atoms with Gasteiger partial charge in [0.15, 0.2) is 0 Å². The average Bonchev–Trinajstić information content (AvgIpc) is 2.91. The first-order valence-electron chi connectivity index (χ1n) is 7.57. The molecule has 1 aliphatic rings. The van der Waals surface area contributed by atoms with Crippen molar-refractivity contribution in [2.45, 2.75) is 58.4 Å². The van der Waals surface area contributed by atoms with Crippen LogP contribution in [0.4, 0.5) is 0 Å². The van der Waals surface area contributed by atoms with E-state index >= 15 is 0 Å². The molecule has 1 unspecified atom stereocenters. The number of rotatable bonds is 6.